The summed E-state index contributed by atoms with van der Waals surface area (Å²) in [5, 5.41) is 6.47. The van der Waals surface area contributed by atoms with Crippen LogP contribution in [0.1, 0.15) is 48.3 Å². The van der Waals surface area contributed by atoms with Gasteiger partial charge in [0.2, 0.25) is 0 Å². The average molecular weight is 361 g/mol. The van der Waals surface area contributed by atoms with Crippen molar-refractivity contribution in [1.29, 1.82) is 0 Å². The summed E-state index contributed by atoms with van der Waals surface area (Å²) in [7, 11) is 0. The van der Waals surface area contributed by atoms with Crippen LogP contribution in [0.15, 0.2) is 65.9 Å². The van der Waals surface area contributed by atoms with E-state index in [-0.39, 0.29) is 5.91 Å². The number of benzene rings is 2. The average Bonchev–Trinajstić information content (AvgIpc) is 2.70. The molecule has 2 aromatic carbocycles. The molecular weight excluding hydrogens is 332 g/mol. The molecule has 0 bridgehead atoms. The van der Waals surface area contributed by atoms with E-state index in [1.807, 2.05) is 0 Å². The lowest BCUT2D eigenvalue weighted by molar-refractivity contribution is -0.118. The Kier molecular flexibility index (Phi) is 5.28. The highest BCUT2D eigenvalue weighted by Gasteiger charge is 2.30. The molecule has 27 heavy (non-hydrogen) atoms. The topological polar surface area (TPSA) is 41.1 Å². The molecule has 1 saturated carbocycles. The Morgan fingerprint density at radius 3 is 2.37 bits per heavy atom. The molecule has 0 saturated heterocycles. The molecule has 1 aliphatic heterocycles. The van der Waals surface area contributed by atoms with Gasteiger partial charge in [-0.2, -0.15) is 0 Å². The Morgan fingerprint density at radius 1 is 0.889 bits per heavy atom. The normalized spacial score (nSPS) is 22.9. The number of allylic oxidation sites excluding steroid dienone is 1. The van der Waals surface area contributed by atoms with Crippen molar-refractivity contribution in [3.05, 3.63) is 82.6 Å². The minimum Gasteiger partial charge on any atom is -0.371 e. The van der Waals surface area contributed by atoms with Crippen molar-refractivity contribution in [2.24, 2.45) is 5.92 Å². The molecule has 3 nitrogen and oxygen atoms in total. The van der Waals surface area contributed by atoms with Crippen molar-refractivity contribution in [3.63, 3.8) is 0 Å². The third-order valence-corrected chi connectivity index (χ3v) is 6.00. The van der Waals surface area contributed by atoms with Gasteiger partial charge in [-0.15, -0.1) is 0 Å². The molecular formula is C24H28N2O. The highest BCUT2D eigenvalue weighted by Crippen LogP contribution is 2.39. The van der Waals surface area contributed by atoms with Gasteiger partial charge >= 0.3 is 0 Å². The van der Waals surface area contributed by atoms with E-state index in [9.17, 15) is 4.79 Å². The van der Waals surface area contributed by atoms with E-state index in [0.717, 1.165) is 18.4 Å². The van der Waals surface area contributed by atoms with Crippen LogP contribution in [-0.4, -0.2) is 12.6 Å². The second kappa shape index (κ2) is 7.99. The first kappa shape index (κ1) is 17.8. The Hall–Kier alpha value is -2.55. The first-order valence-corrected chi connectivity index (χ1v) is 10.1. The fourth-order valence-corrected chi connectivity index (χ4v) is 4.59. The Labute approximate surface area is 161 Å². The summed E-state index contributed by atoms with van der Waals surface area (Å²) in [6.45, 7) is 2.65. The largest absolute Gasteiger partial charge is 0.371 e. The summed E-state index contributed by atoms with van der Waals surface area (Å²) in [6.07, 6.45) is 5.38. The number of carbonyl (C=O) groups is 1. The van der Waals surface area contributed by atoms with E-state index in [2.05, 4.69) is 72.2 Å². The number of hydrogen-bond acceptors (Lipinski definition) is 2. The van der Waals surface area contributed by atoms with Crippen LogP contribution < -0.4 is 10.6 Å². The molecule has 1 amide bonds. The van der Waals surface area contributed by atoms with E-state index in [0.29, 0.717) is 24.9 Å². The highest BCUT2D eigenvalue weighted by molar-refractivity contribution is 5.95. The number of rotatable bonds is 4. The number of nitrogens with one attached hydrogen (secondary N) is 2. The Bertz CT molecular complexity index is 832. The lowest BCUT2D eigenvalue weighted by atomic mass is 9.76. The number of hydrogen-bond donors (Lipinski definition) is 2. The maximum atomic E-state index is 12.6. The van der Waals surface area contributed by atoms with Gasteiger partial charge in [0.15, 0.2) is 0 Å². The highest BCUT2D eigenvalue weighted by atomic mass is 16.1. The first-order valence-electron chi connectivity index (χ1n) is 10.1. The second-order valence-electron chi connectivity index (χ2n) is 7.88. The van der Waals surface area contributed by atoms with Gasteiger partial charge < -0.3 is 10.6 Å². The maximum Gasteiger partial charge on any atom is 0.250 e. The van der Waals surface area contributed by atoms with E-state index in [4.69, 9.17) is 0 Å². The SMILES string of the molecule is Cc1cccc(CC2=C([C@H]3CC[C@H](c4ccccc4)CC3)NCNC2=O)c1. The van der Waals surface area contributed by atoms with Crippen molar-refractivity contribution in [3.8, 4) is 0 Å². The van der Waals surface area contributed by atoms with Crippen molar-refractivity contribution < 1.29 is 4.79 Å². The van der Waals surface area contributed by atoms with Gasteiger partial charge in [-0.05, 0) is 55.6 Å². The third kappa shape index (κ3) is 4.08. The third-order valence-electron chi connectivity index (χ3n) is 6.00. The van der Waals surface area contributed by atoms with Crippen LogP contribution in [-0.2, 0) is 11.2 Å². The minimum absolute atomic E-state index is 0.0930. The van der Waals surface area contributed by atoms with E-state index in [1.165, 1.54) is 35.2 Å². The fraction of sp³-hybridized carbons (Fsp3) is 0.375. The Balaban J connectivity index is 1.52. The standard InChI is InChI=1S/C24H28N2O/c1-17-6-5-7-18(14-17)15-22-23(25-16-26-24(22)27)21-12-10-20(11-13-21)19-8-3-2-4-9-19/h2-9,14,20-21,25H,10-13,15-16H2,1H3,(H,26,27)/t20-,21-. The van der Waals surface area contributed by atoms with Crippen LogP contribution in [0.5, 0.6) is 0 Å². The summed E-state index contributed by atoms with van der Waals surface area (Å²) < 4.78 is 0. The second-order valence-corrected chi connectivity index (χ2v) is 7.88. The molecule has 0 unspecified atom stereocenters. The molecule has 4 rings (SSSR count). The molecule has 0 radical (unpaired) electrons. The van der Waals surface area contributed by atoms with Gasteiger partial charge in [-0.1, -0.05) is 60.2 Å². The summed E-state index contributed by atoms with van der Waals surface area (Å²) in [6, 6.07) is 19.3. The zero-order valence-electron chi connectivity index (χ0n) is 16.0. The zero-order chi connectivity index (χ0) is 18.6. The molecule has 1 aliphatic carbocycles. The monoisotopic (exact) mass is 360 g/mol. The van der Waals surface area contributed by atoms with E-state index < -0.39 is 0 Å². The van der Waals surface area contributed by atoms with Gasteiger partial charge in [0, 0.05) is 17.7 Å². The molecule has 1 fully saturated rings. The van der Waals surface area contributed by atoms with Crippen molar-refractivity contribution in [1.82, 2.24) is 10.6 Å². The van der Waals surface area contributed by atoms with Crippen LogP contribution in [0.2, 0.25) is 0 Å². The van der Waals surface area contributed by atoms with Crippen LogP contribution in [0.3, 0.4) is 0 Å². The smallest absolute Gasteiger partial charge is 0.250 e. The van der Waals surface area contributed by atoms with Gasteiger partial charge in [0.1, 0.15) is 0 Å². The molecule has 0 atom stereocenters. The van der Waals surface area contributed by atoms with Crippen molar-refractivity contribution in [2.45, 2.75) is 44.9 Å². The van der Waals surface area contributed by atoms with Crippen LogP contribution >= 0.6 is 0 Å². The van der Waals surface area contributed by atoms with Crippen LogP contribution in [0.4, 0.5) is 0 Å². The van der Waals surface area contributed by atoms with Crippen molar-refractivity contribution >= 4 is 5.91 Å². The molecule has 2 aromatic rings. The van der Waals surface area contributed by atoms with Gasteiger partial charge in [0.25, 0.3) is 5.91 Å². The maximum absolute atomic E-state index is 12.6. The van der Waals surface area contributed by atoms with E-state index in [1.54, 1.807) is 0 Å². The lowest BCUT2D eigenvalue weighted by Gasteiger charge is -2.34. The zero-order valence-corrected chi connectivity index (χ0v) is 16.0. The summed E-state index contributed by atoms with van der Waals surface area (Å²) in [5.74, 6) is 1.21. The number of carbonyl (C=O) groups excluding carboxylic acids is 1. The fourth-order valence-electron chi connectivity index (χ4n) is 4.59. The number of amides is 1. The lowest BCUT2D eigenvalue weighted by Crippen LogP contribution is -2.44. The minimum atomic E-state index is 0.0930. The van der Waals surface area contributed by atoms with Crippen molar-refractivity contribution in [2.75, 3.05) is 6.67 Å². The quantitative estimate of drug-likeness (QED) is 0.846. The summed E-state index contributed by atoms with van der Waals surface area (Å²) in [5.41, 5.74) is 6.02. The molecule has 2 N–H and O–H groups in total. The van der Waals surface area contributed by atoms with E-state index >= 15 is 0 Å². The van der Waals surface area contributed by atoms with Gasteiger partial charge in [0.05, 0.1) is 6.67 Å². The predicted octanol–water partition coefficient (Wildman–Crippen LogP) is 4.44. The Morgan fingerprint density at radius 2 is 1.63 bits per heavy atom. The first-order chi connectivity index (χ1) is 13.2. The van der Waals surface area contributed by atoms with Crippen LogP contribution in [0, 0.1) is 12.8 Å². The molecule has 140 valence electrons. The predicted molar refractivity (Wildman–Crippen MR) is 109 cm³/mol. The molecule has 3 heteroatoms. The number of aryl methyl sites for hydroxylation is 1. The molecule has 0 aromatic heterocycles. The molecule has 2 aliphatic rings. The van der Waals surface area contributed by atoms with Gasteiger partial charge in [-0.3, -0.25) is 4.79 Å². The van der Waals surface area contributed by atoms with Crippen LogP contribution in [0.25, 0.3) is 0 Å². The van der Waals surface area contributed by atoms with Gasteiger partial charge in [-0.25, -0.2) is 0 Å². The summed E-state index contributed by atoms with van der Waals surface area (Å²) in [4.78, 5) is 12.6. The molecule has 0 spiro atoms. The summed E-state index contributed by atoms with van der Waals surface area (Å²) >= 11 is 0. The molecule has 1 heterocycles.